The summed E-state index contributed by atoms with van der Waals surface area (Å²) >= 11 is 0. The molecule has 0 saturated carbocycles. The summed E-state index contributed by atoms with van der Waals surface area (Å²) in [7, 11) is 1.55. The van der Waals surface area contributed by atoms with Crippen molar-refractivity contribution in [3.63, 3.8) is 0 Å². The molecule has 4 heteroatoms. The summed E-state index contributed by atoms with van der Waals surface area (Å²) in [6.45, 7) is 5.60. The van der Waals surface area contributed by atoms with Gasteiger partial charge in [0.25, 0.3) is 0 Å². The van der Waals surface area contributed by atoms with Crippen LogP contribution in [0.15, 0.2) is 42.5 Å². The third-order valence-electron chi connectivity index (χ3n) is 4.26. The predicted octanol–water partition coefficient (Wildman–Crippen LogP) is 5.98. The van der Waals surface area contributed by atoms with Crippen LogP contribution < -0.4 is 4.74 Å². The maximum absolute atomic E-state index is 13.5. The fraction of sp³-hybridized carbons (Fsp3) is 0.300. The normalized spacial score (nSPS) is 13.3. The fourth-order valence-corrected chi connectivity index (χ4v) is 2.58. The van der Waals surface area contributed by atoms with E-state index in [4.69, 9.17) is 4.74 Å². The molecule has 2 aromatic carbocycles. The second kappa shape index (κ2) is 7.12. The number of methoxy groups -OCH3 is 1. The monoisotopic (exact) mass is 334 g/mol. The number of ether oxygens (including phenoxy) is 1. The van der Waals surface area contributed by atoms with E-state index in [0.29, 0.717) is 11.3 Å². The molecule has 1 unspecified atom stereocenters. The van der Waals surface area contributed by atoms with Crippen molar-refractivity contribution >= 4 is 6.08 Å². The summed E-state index contributed by atoms with van der Waals surface area (Å²) < 4.78 is 45.6. The van der Waals surface area contributed by atoms with Crippen LogP contribution in [0.5, 0.6) is 5.75 Å². The number of rotatable bonds is 4. The molecule has 1 nitrogen and oxygen atoms in total. The molecule has 0 radical (unpaired) electrons. The first-order valence-corrected chi connectivity index (χ1v) is 7.69. The summed E-state index contributed by atoms with van der Waals surface area (Å²) in [6.07, 6.45) is -1.62. The molecule has 0 fully saturated rings. The van der Waals surface area contributed by atoms with Gasteiger partial charge in [0.1, 0.15) is 5.75 Å². The van der Waals surface area contributed by atoms with Gasteiger partial charge < -0.3 is 4.74 Å². The Bertz CT molecular complexity index is 705. The Morgan fingerprint density at radius 2 is 1.50 bits per heavy atom. The van der Waals surface area contributed by atoms with Crippen LogP contribution in [0.2, 0.25) is 0 Å². The van der Waals surface area contributed by atoms with Crippen molar-refractivity contribution in [2.75, 3.05) is 7.11 Å². The molecular formula is C20H21F3O. The van der Waals surface area contributed by atoms with Crippen LogP contribution in [0.3, 0.4) is 0 Å². The van der Waals surface area contributed by atoms with Crippen LogP contribution >= 0.6 is 0 Å². The van der Waals surface area contributed by atoms with Crippen molar-refractivity contribution in [2.24, 2.45) is 0 Å². The van der Waals surface area contributed by atoms with Gasteiger partial charge in [0, 0.05) is 0 Å². The minimum Gasteiger partial charge on any atom is -0.497 e. The zero-order chi connectivity index (χ0) is 17.9. The molecule has 0 aliphatic heterocycles. The second-order valence-corrected chi connectivity index (χ2v) is 5.93. The van der Waals surface area contributed by atoms with E-state index in [0.717, 1.165) is 16.7 Å². The molecule has 0 spiro atoms. The van der Waals surface area contributed by atoms with Gasteiger partial charge in [-0.15, -0.1) is 0 Å². The Kier molecular flexibility index (Phi) is 5.37. The van der Waals surface area contributed by atoms with Crippen molar-refractivity contribution in [3.05, 3.63) is 70.3 Å². The van der Waals surface area contributed by atoms with Crippen LogP contribution in [-0.2, 0) is 0 Å². The van der Waals surface area contributed by atoms with E-state index < -0.39 is 12.1 Å². The molecule has 0 aliphatic carbocycles. The number of hydrogen-bond acceptors (Lipinski definition) is 1. The van der Waals surface area contributed by atoms with Crippen LogP contribution in [0.25, 0.3) is 6.08 Å². The lowest BCUT2D eigenvalue weighted by molar-refractivity contribution is -0.139. The van der Waals surface area contributed by atoms with E-state index in [-0.39, 0.29) is 5.56 Å². The number of benzene rings is 2. The highest BCUT2D eigenvalue weighted by molar-refractivity contribution is 5.53. The standard InChI is InChI=1S/C20H21F3O/c1-13-11-17(12-14(2)15(13)3)19(20(21,22)23)10-7-16-5-8-18(24-4)9-6-16/h5-12,19H,1-4H3/b10-7+. The van der Waals surface area contributed by atoms with E-state index >= 15 is 0 Å². The summed E-state index contributed by atoms with van der Waals surface area (Å²) in [4.78, 5) is 0. The number of alkyl halides is 3. The molecule has 0 amide bonds. The summed E-state index contributed by atoms with van der Waals surface area (Å²) in [5, 5.41) is 0. The van der Waals surface area contributed by atoms with E-state index in [9.17, 15) is 13.2 Å². The Hall–Kier alpha value is -2.23. The lowest BCUT2D eigenvalue weighted by Crippen LogP contribution is -2.19. The van der Waals surface area contributed by atoms with Crippen molar-refractivity contribution in [1.29, 1.82) is 0 Å². The van der Waals surface area contributed by atoms with Crippen molar-refractivity contribution in [2.45, 2.75) is 32.9 Å². The Labute approximate surface area is 140 Å². The van der Waals surface area contributed by atoms with Gasteiger partial charge in [0.15, 0.2) is 0 Å². The molecular weight excluding hydrogens is 313 g/mol. The Morgan fingerprint density at radius 3 is 1.96 bits per heavy atom. The number of aryl methyl sites for hydroxylation is 2. The van der Waals surface area contributed by atoms with Crippen molar-refractivity contribution in [3.8, 4) is 5.75 Å². The molecule has 0 bridgehead atoms. The average molecular weight is 334 g/mol. The van der Waals surface area contributed by atoms with Gasteiger partial charge in [-0.1, -0.05) is 36.4 Å². The molecule has 2 aromatic rings. The van der Waals surface area contributed by atoms with Crippen LogP contribution in [0.4, 0.5) is 13.2 Å². The summed E-state index contributed by atoms with van der Waals surface area (Å²) in [6, 6.07) is 10.2. The maximum atomic E-state index is 13.5. The number of halogens is 3. The van der Waals surface area contributed by atoms with Crippen LogP contribution in [0.1, 0.15) is 33.7 Å². The molecule has 0 aromatic heterocycles. The Morgan fingerprint density at radius 1 is 0.958 bits per heavy atom. The molecule has 128 valence electrons. The third kappa shape index (κ3) is 4.19. The summed E-state index contributed by atoms with van der Waals surface area (Å²) in [5.74, 6) is -0.957. The van der Waals surface area contributed by atoms with E-state index in [1.54, 1.807) is 43.5 Å². The van der Waals surface area contributed by atoms with E-state index in [1.807, 2.05) is 20.8 Å². The highest BCUT2D eigenvalue weighted by atomic mass is 19.4. The minimum atomic E-state index is -4.34. The molecule has 0 aliphatic rings. The topological polar surface area (TPSA) is 9.23 Å². The number of allylic oxidation sites excluding steroid dienone is 1. The first-order chi connectivity index (χ1) is 11.2. The fourth-order valence-electron chi connectivity index (χ4n) is 2.58. The zero-order valence-electron chi connectivity index (χ0n) is 14.2. The van der Waals surface area contributed by atoms with Crippen LogP contribution in [-0.4, -0.2) is 13.3 Å². The molecule has 1 atom stereocenters. The first kappa shape index (κ1) is 18.1. The van der Waals surface area contributed by atoms with Crippen LogP contribution in [0, 0.1) is 20.8 Å². The smallest absolute Gasteiger partial charge is 0.399 e. The summed E-state index contributed by atoms with van der Waals surface area (Å²) in [5.41, 5.74) is 3.74. The molecule has 0 heterocycles. The SMILES string of the molecule is COc1ccc(/C=C/C(c2cc(C)c(C)c(C)c2)C(F)(F)F)cc1. The average Bonchev–Trinajstić information content (AvgIpc) is 2.52. The highest BCUT2D eigenvalue weighted by Gasteiger charge is 2.39. The molecule has 0 saturated heterocycles. The Balaban J connectivity index is 2.37. The van der Waals surface area contributed by atoms with E-state index in [2.05, 4.69) is 0 Å². The van der Waals surface area contributed by atoms with Crippen molar-refractivity contribution in [1.82, 2.24) is 0 Å². The molecule has 0 N–H and O–H groups in total. The first-order valence-electron chi connectivity index (χ1n) is 7.69. The van der Waals surface area contributed by atoms with E-state index in [1.165, 1.54) is 12.2 Å². The quantitative estimate of drug-likeness (QED) is 0.668. The number of hydrogen-bond donors (Lipinski definition) is 0. The van der Waals surface area contributed by atoms with Gasteiger partial charge in [0.2, 0.25) is 0 Å². The van der Waals surface area contributed by atoms with Gasteiger partial charge in [-0.3, -0.25) is 0 Å². The lowest BCUT2D eigenvalue weighted by atomic mass is 9.91. The minimum absolute atomic E-state index is 0.271. The van der Waals surface area contributed by atoms with Crippen molar-refractivity contribution < 1.29 is 17.9 Å². The van der Waals surface area contributed by atoms with Gasteiger partial charge in [-0.25, -0.2) is 0 Å². The van der Waals surface area contributed by atoms with Gasteiger partial charge in [-0.05, 0) is 60.7 Å². The molecule has 24 heavy (non-hydrogen) atoms. The molecule has 2 rings (SSSR count). The van der Waals surface area contributed by atoms with Gasteiger partial charge in [0.05, 0.1) is 13.0 Å². The predicted molar refractivity (Wildman–Crippen MR) is 91.5 cm³/mol. The third-order valence-corrected chi connectivity index (χ3v) is 4.26. The second-order valence-electron chi connectivity index (χ2n) is 5.93. The van der Waals surface area contributed by atoms with Gasteiger partial charge in [-0.2, -0.15) is 13.2 Å². The van der Waals surface area contributed by atoms with Gasteiger partial charge >= 0.3 is 6.18 Å². The highest BCUT2D eigenvalue weighted by Crippen LogP contribution is 2.37. The zero-order valence-corrected chi connectivity index (χ0v) is 14.2. The maximum Gasteiger partial charge on any atom is 0.399 e. The lowest BCUT2D eigenvalue weighted by Gasteiger charge is -2.19. The largest absolute Gasteiger partial charge is 0.497 e.